The van der Waals surface area contributed by atoms with Gasteiger partial charge in [0.2, 0.25) is 0 Å². The van der Waals surface area contributed by atoms with Crippen molar-refractivity contribution in [1.82, 2.24) is 24.5 Å². The highest BCUT2D eigenvalue weighted by Gasteiger charge is 2.46. The first-order valence-corrected chi connectivity index (χ1v) is 13.7. The third kappa shape index (κ3) is 9.13. The van der Waals surface area contributed by atoms with Gasteiger partial charge in [-0.05, 0) is 44.0 Å². The largest absolute Gasteiger partial charge is 0.486 e. The van der Waals surface area contributed by atoms with Crippen molar-refractivity contribution in [2.24, 2.45) is 5.73 Å². The van der Waals surface area contributed by atoms with E-state index in [1.54, 1.807) is 37.7 Å². The Bertz CT molecular complexity index is 1480. The SMILES string of the molecule is COC[C@@H](C)O.COC[C@H](C)Oc1cccc2ccc(-c3nnc4ccc([C@@H](N5CC[C@H](N)C5)C(F)(F)F)cn34)nc12.Cl.Cl. The molecule has 0 aliphatic carbocycles. The molecule has 0 amide bonds. The van der Waals surface area contributed by atoms with Crippen molar-refractivity contribution in [2.45, 2.75) is 50.7 Å². The maximum Gasteiger partial charge on any atom is 0.408 e. The Balaban J connectivity index is 0.000000770. The van der Waals surface area contributed by atoms with Crippen LogP contribution in [0.5, 0.6) is 5.75 Å². The normalized spacial score (nSPS) is 17.2. The average Bonchev–Trinajstić information content (AvgIpc) is 3.54. The van der Waals surface area contributed by atoms with Crippen LogP contribution in [0.2, 0.25) is 0 Å². The van der Waals surface area contributed by atoms with Crippen LogP contribution in [-0.2, 0) is 9.47 Å². The predicted molar refractivity (Wildman–Crippen MR) is 167 cm³/mol. The van der Waals surface area contributed by atoms with Crippen LogP contribution in [0, 0.1) is 0 Å². The summed E-state index contributed by atoms with van der Waals surface area (Å²) in [5.41, 5.74) is 7.51. The minimum absolute atomic E-state index is 0. The van der Waals surface area contributed by atoms with E-state index in [9.17, 15) is 13.2 Å². The third-order valence-electron chi connectivity index (χ3n) is 6.72. The van der Waals surface area contributed by atoms with E-state index in [0.29, 0.717) is 48.1 Å². The van der Waals surface area contributed by atoms with Gasteiger partial charge < -0.3 is 25.1 Å². The van der Waals surface area contributed by atoms with Crippen LogP contribution in [0.4, 0.5) is 13.2 Å². The highest BCUT2D eigenvalue weighted by molar-refractivity contribution is 5.86. The quantitative estimate of drug-likeness (QED) is 0.259. The second kappa shape index (κ2) is 16.5. The molecular formula is C29H39Cl2F3N6O4. The van der Waals surface area contributed by atoms with Crippen LogP contribution in [0.1, 0.15) is 31.9 Å². The number of rotatable bonds is 9. The molecule has 3 aromatic heterocycles. The van der Waals surface area contributed by atoms with Crippen molar-refractivity contribution in [3.63, 3.8) is 0 Å². The monoisotopic (exact) mass is 662 g/mol. The highest BCUT2D eigenvalue weighted by atomic mass is 35.5. The molecule has 1 aliphatic heterocycles. The zero-order valence-electron chi connectivity index (χ0n) is 24.9. The molecule has 0 radical (unpaired) electrons. The third-order valence-corrected chi connectivity index (χ3v) is 6.72. The Morgan fingerprint density at radius 2 is 1.75 bits per heavy atom. The van der Waals surface area contributed by atoms with Crippen molar-refractivity contribution in [1.29, 1.82) is 0 Å². The van der Waals surface area contributed by atoms with E-state index in [2.05, 4.69) is 14.9 Å². The van der Waals surface area contributed by atoms with Crippen LogP contribution in [-0.4, -0.2) is 94.5 Å². The van der Waals surface area contributed by atoms with Crippen molar-refractivity contribution >= 4 is 41.4 Å². The average molecular weight is 664 g/mol. The number of alkyl halides is 3. The molecule has 4 aromatic rings. The molecule has 0 saturated carbocycles. The molecule has 1 saturated heterocycles. The number of aliphatic hydroxyl groups excluding tert-OH is 1. The van der Waals surface area contributed by atoms with Gasteiger partial charge in [0, 0.05) is 44.9 Å². The lowest BCUT2D eigenvalue weighted by Crippen LogP contribution is -2.38. The summed E-state index contributed by atoms with van der Waals surface area (Å²) in [6, 6.07) is 10.2. The molecule has 0 spiro atoms. The summed E-state index contributed by atoms with van der Waals surface area (Å²) < 4.78 is 59.7. The van der Waals surface area contributed by atoms with Gasteiger partial charge in [0.15, 0.2) is 11.5 Å². The molecule has 44 heavy (non-hydrogen) atoms. The molecule has 5 rings (SSSR count). The van der Waals surface area contributed by atoms with Crippen molar-refractivity contribution in [3.05, 3.63) is 54.2 Å². The summed E-state index contributed by atoms with van der Waals surface area (Å²) in [5, 5.41) is 17.7. The molecule has 4 atom stereocenters. The number of nitrogens with two attached hydrogens (primary N) is 1. The molecule has 15 heteroatoms. The number of para-hydroxylation sites is 1. The fourth-order valence-electron chi connectivity index (χ4n) is 4.97. The van der Waals surface area contributed by atoms with E-state index >= 15 is 0 Å². The van der Waals surface area contributed by atoms with Gasteiger partial charge in [-0.15, -0.1) is 35.0 Å². The Hall–Kier alpha value is -2.78. The predicted octanol–water partition coefficient (Wildman–Crippen LogP) is 4.85. The van der Waals surface area contributed by atoms with Crippen LogP contribution in [0.25, 0.3) is 28.1 Å². The number of aromatic nitrogens is 4. The summed E-state index contributed by atoms with van der Waals surface area (Å²) in [6.07, 6.45) is -3.00. The molecule has 1 aliphatic rings. The summed E-state index contributed by atoms with van der Waals surface area (Å²) >= 11 is 0. The second-order valence-electron chi connectivity index (χ2n) is 10.4. The van der Waals surface area contributed by atoms with Crippen molar-refractivity contribution in [2.75, 3.05) is 40.5 Å². The molecule has 0 unspecified atom stereocenters. The number of hydrogen-bond donors (Lipinski definition) is 2. The Labute approximate surface area is 266 Å². The lowest BCUT2D eigenvalue weighted by molar-refractivity contribution is -0.183. The Morgan fingerprint density at radius 1 is 1.02 bits per heavy atom. The van der Waals surface area contributed by atoms with Gasteiger partial charge in [-0.25, -0.2) is 4.98 Å². The molecule has 1 fully saturated rings. The van der Waals surface area contributed by atoms with Crippen LogP contribution in [0.15, 0.2) is 48.7 Å². The number of benzene rings is 1. The van der Waals surface area contributed by atoms with Crippen molar-refractivity contribution in [3.8, 4) is 17.3 Å². The van der Waals surface area contributed by atoms with Gasteiger partial charge in [0.25, 0.3) is 0 Å². The molecule has 1 aromatic carbocycles. The first-order chi connectivity index (χ1) is 20.0. The minimum atomic E-state index is -4.46. The van der Waals surface area contributed by atoms with Gasteiger partial charge >= 0.3 is 6.18 Å². The smallest absolute Gasteiger partial charge is 0.408 e. The Kier molecular flexibility index (Phi) is 14.0. The number of hydrogen-bond acceptors (Lipinski definition) is 9. The number of ether oxygens (including phenoxy) is 3. The van der Waals surface area contributed by atoms with E-state index in [0.717, 1.165) is 5.39 Å². The fraction of sp³-hybridized carbons (Fsp3) is 0.483. The highest BCUT2D eigenvalue weighted by Crippen LogP contribution is 2.39. The topological polar surface area (TPSA) is 120 Å². The zero-order valence-corrected chi connectivity index (χ0v) is 26.5. The number of likely N-dealkylation sites (tertiary alicyclic amines) is 1. The second-order valence-corrected chi connectivity index (χ2v) is 10.4. The van der Waals surface area contributed by atoms with Gasteiger partial charge in [-0.2, -0.15) is 13.2 Å². The van der Waals surface area contributed by atoms with E-state index in [4.69, 9.17) is 25.3 Å². The number of methoxy groups -OCH3 is 2. The molecule has 10 nitrogen and oxygen atoms in total. The Morgan fingerprint density at radius 3 is 2.34 bits per heavy atom. The van der Waals surface area contributed by atoms with Gasteiger partial charge in [-0.3, -0.25) is 9.30 Å². The first kappa shape index (κ1) is 37.4. The standard InChI is InChI=1S/C25H27F3N6O2.C4H10O2.2ClH/c1-15(14-35-2)36-20-5-3-4-16-6-8-19(30-22(16)20)24-32-31-21-9-7-17(12-34(21)24)23(25(26,27)28)33-11-10-18(29)13-33;1-4(5)3-6-2;;/h3-9,12,15,18,23H,10-11,13-14,29H2,1-2H3;4-5H,3H2,1-2H3;2*1H/t15-,18-,23+;4-;;/m01../s1. The van der Waals surface area contributed by atoms with Crippen molar-refractivity contribution < 1.29 is 32.5 Å². The maximum absolute atomic E-state index is 14.2. The van der Waals surface area contributed by atoms with Crippen LogP contribution >= 0.6 is 24.8 Å². The van der Waals surface area contributed by atoms with Gasteiger partial charge in [0.05, 0.1) is 19.3 Å². The van der Waals surface area contributed by atoms with Crippen LogP contribution < -0.4 is 10.5 Å². The molecule has 4 heterocycles. The van der Waals surface area contributed by atoms with E-state index in [1.165, 1.54) is 17.2 Å². The summed E-state index contributed by atoms with van der Waals surface area (Å²) in [6.45, 7) is 4.90. The number of nitrogens with zero attached hydrogens (tertiary/aromatic N) is 5. The maximum atomic E-state index is 14.2. The van der Waals surface area contributed by atoms with Gasteiger partial charge in [0.1, 0.15) is 29.1 Å². The molecule has 0 bridgehead atoms. The number of halogens is 5. The molecule has 244 valence electrons. The summed E-state index contributed by atoms with van der Waals surface area (Å²) in [7, 11) is 3.16. The minimum Gasteiger partial charge on any atom is -0.486 e. The number of fused-ring (bicyclic) bond motifs is 2. The van der Waals surface area contributed by atoms with E-state index in [1.807, 2.05) is 31.2 Å². The fourth-order valence-corrected chi connectivity index (χ4v) is 4.97. The lowest BCUT2D eigenvalue weighted by atomic mass is 10.1. The van der Waals surface area contributed by atoms with E-state index in [-0.39, 0.29) is 61.7 Å². The van der Waals surface area contributed by atoms with E-state index < -0.39 is 12.2 Å². The van der Waals surface area contributed by atoms with Gasteiger partial charge in [-0.1, -0.05) is 24.3 Å². The summed E-state index contributed by atoms with van der Waals surface area (Å²) in [4.78, 5) is 6.14. The lowest BCUT2D eigenvalue weighted by Gasteiger charge is -2.30. The zero-order chi connectivity index (χ0) is 30.4. The first-order valence-electron chi connectivity index (χ1n) is 13.7. The number of pyridine rings is 2. The van der Waals surface area contributed by atoms with Crippen LogP contribution in [0.3, 0.4) is 0 Å². The number of aliphatic hydroxyl groups is 1. The molecular weight excluding hydrogens is 624 g/mol. The molecule has 3 N–H and O–H groups in total. The summed E-state index contributed by atoms with van der Waals surface area (Å²) in [5.74, 6) is 0.920.